The first kappa shape index (κ1) is 19.4. The Kier molecular flexibility index (Phi) is 6.26. The number of para-hydroxylation sites is 3. The van der Waals surface area contributed by atoms with Crippen molar-refractivity contribution in [3.63, 3.8) is 0 Å². The number of hydrogen-bond donors (Lipinski definition) is 2. The van der Waals surface area contributed by atoms with E-state index in [2.05, 4.69) is 15.8 Å². The van der Waals surface area contributed by atoms with Crippen LogP contribution in [0.2, 0.25) is 0 Å². The van der Waals surface area contributed by atoms with Gasteiger partial charge in [0, 0.05) is 6.42 Å². The van der Waals surface area contributed by atoms with E-state index >= 15 is 0 Å². The molecular weight excluding hydrogens is 356 g/mol. The Morgan fingerprint density at radius 2 is 1.75 bits per heavy atom. The molecule has 0 aliphatic rings. The monoisotopic (exact) mass is 380 g/mol. The van der Waals surface area contributed by atoms with Crippen LogP contribution in [0, 0.1) is 6.92 Å². The second-order valence-electron chi connectivity index (χ2n) is 6.42. The Labute approximate surface area is 163 Å². The Hall–Kier alpha value is -3.35. The van der Waals surface area contributed by atoms with Crippen molar-refractivity contribution in [3.8, 4) is 5.75 Å². The van der Waals surface area contributed by atoms with Gasteiger partial charge in [-0.05, 0) is 30.7 Å². The van der Waals surface area contributed by atoms with Gasteiger partial charge >= 0.3 is 0 Å². The van der Waals surface area contributed by atoms with Crippen LogP contribution in [0.15, 0.2) is 48.5 Å². The van der Waals surface area contributed by atoms with Gasteiger partial charge in [-0.15, -0.1) is 0 Å². The van der Waals surface area contributed by atoms with Crippen LogP contribution >= 0.6 is 0 Å². The van der Waals surface area contributed by atoms with Crippen LogP contribution in [0.5, 0.6) is 5.75 Å². The molecule has 1 aromatic heterocycles. The number of carbonyl (C=O) groups excluding carboxylic acids is 2. The van der Waals surface area contributed by atoms with E-state index in [0.717, 1.165) is 28.2 Å². The maximum Gasteiger partial charge on any atom is 0.258 e. The first-order chi connectivity index (χ1) is 13.6. The van der Waals surface area contributed by atoms with Crippen molar-refractivity contribution in [3.05, 3.63) is 59.9 Å². The van der Waals surface area contributed by atoms with Gasteiger partial charge < -0.3 is 9.30 Å². The highest BCUT2D eigenvalue weighted by Crippen LogP contribution is 2.17. The molecule has 3 rings (SSSR count). The molecule has 0 saturated carbocycles. The van der Waals surface area contributed by atoms with Crippen molar-refractivity contribution in [2.45, 2.75) is 33.2 Å². The third-order valence-electron chi connectivity index (χ3n) is 4.37. The fourth-order valence-corrected chi connectivity index (χ4v) is 2.93. The predicted molar refractivity (Wildman–Crippen MR) is 107 cm³/mol. The van der Waals surface area contributed by atoms with Crippen LogP contribution in [0.25, 0.3) is 11.0 Å². The Morgan fingerprint density at radius 3 is 2.54 bits per heavy atom. The van der Waals surface area contributed by atoms with Gasteiger partial charge in [0.1, 0.15) is 18.1 Å². The quantitative estimate of drug-likeness (QED) is 0.617. The summed E-state index contributed by atoms with van der Waals surface area (Å²) in [5.74, 6) is 0.951. The number of rotatable bonds is 7. The highest BCUT2D eigenvalue weighted by molar-refractivity contribution is 5.83. The van der Waals surface area contributed by atoms with E-state index in [1.807, 2.05) is 66.9 Å². The molecule has 0 aliphatic carbocycles. The number of hydrogen-bond acceptors (Lipinski definition) is 4. The lowest BCUT2D eigenvalue weighted by atomic mass is 10.2. The summed E-state index contributed by atoms with van der Waals surface area (Å²) in [5, 5.41) is 0. The second kappa shape index (κ2) is 9.03. The third kappa shape index (κ3) is 4.68. The SMILES string of the molecule is CCc1nc2ccccc2n1CC(=O)NNC(=O)CCOc1ccccc1C. The van der Waals surface area contributed by atoms with Crippen LogP contribution < -0.4 is 15.6 Å². The Bertz CT molecular complexity index is 981. The molecule has 0 fully saturated rings. The van der Waals surface area contributed by atoms with Crippen LogP contribution in [0.1, 0.15) is 24.7 Å². The number of benzene rings is 2. The largest absolute Gasteiger partial charge is 0.493 e. The number of amides is 2. The minimum atomic E-state index is -0.314. The first-order valence-electron chi connectivity index (χ1n) is 9.28. The first-order valence-corrected chi connectivity index (χ1v) is 9.28. The summed E-state index contributed by atoms with van der Waals surface area (Å²) < 4.78 is 7.45. The average Bonchev–Trinajstić information content (AvgIpc) is 3.05. The molecule has 0 saturated heterocycles. The van der Waals surface area contributed by atoms with Gasteiger partial charge in [0.15, 0.2) is 0 Å². The van der Waals surface area contributed by atoms with Gasteiger partial charge in [0.05, 0.1) is 24.1 Å². The fraction of sp³-hybridized carbons (Fsp3) is 0.286. The Balaban J connectivity index is 1.48. The number of fused-ring (bicyclic) bond motifs is 1. The molecule has 28 heavy (non-hydrogen) atoms. The molecule has 0 bridgehead atoms. The van der Waals surface area contributed by atoms with E-state index in [4.69, 9.17) is 4.74 Å². The lowest BCUT2D eigenvalue weighted by Gasteiger charge is -2.11. The maximum absolute atomic E-state index is 12.3. The van der Waals surface area contributed by atoms with Crippen molar-refractivity contribution >= 4 is 22.8 Å². The molecule has 3 aromatic rings. The molecule has 146 valence electrons. The van der Waals surface area contributed by atoms with Gasteiger partial charge in [-0.25, -0.2) is 4.98 Å². The smallest absolute Gasteiger partial charge is 0.258 e. The van der Waals surface area contributed by atoms with Crippen molar-refractivity contribution in [1.82, 2.24) is 20.4 Å². The molecule has 2 amide bonds. The third-order valence-corrected chi connectivity index (χ3v) is 4.37. The summed E-state index contributed by atoms with van der Waals surface area (Å²) in [5.41, 5.74) is 7.64. The van der Waals surface area contributed by atoms with E-state index in [1.165, 1.54) is 0 Å². The number of nitrogens with zero attached hydrogens (tertiary/aromatic N) is 2. The summed E-state index contributed by atoms with van der Waals surface area (Å²) in [4.78, 5) is 28.7. The van der Waals surface area contributed by atoms with E-state index < -0.39 is 0 Å². The topological polar surface area (TPSA) is 85.3 Å². The van der Waals surface area contributed by atoms with Crippen molar-refractivity contribution in [2.75, 3.05) is 6.61 Å². The molecule has 7 heteroatoms. The van der Waals surface area contributed by atoms with Gasteiger partial charge in [-0.1, -0.05) is 37.3 Å². The second-order valence-corrected chi connectivity index (χ2v) is 6.42. The summed E-state index contributed by atoms with van der Waals surface area (Å²) in [6, 6.07) is 15.3. The molecule has 0 atom stereocenters. The number of hydrazine groups is 1. The zero-order valence-electron chi connectivity index (χ0n) is 16.1. The zero-order valence-corrected chi connectivity index (χ0v) is 16.1. The summed E-state index contributed by atoms with van der Waals surface area (Å²) in [6.07, 6.45) is 0.855. The molecule has 7 nitrogen and oxygen atoms in total. The van der Waals surface area contributed by atoms with E-state index in [0.29, 0.717) is 6.42 Å². The lowest BCUT2D eigenvalue weighted by molar-refractivity contribution is -0.129. The molecule has 0 aliphatic heterocycles. The van der Waals surface area contributed by atoms with Crippen LogP contribution in [0.3, 0.4) is 0 Å². The fourth-order valence-electron chi connectivity index (χ4n) is 2.93. The molecule has 0 spiro atoms. The normalized spacial score (nSPS) is 10.6. The number of imidazole rings is 1. The van der Waals surface area contributed by atoms with Crippen LogP contribution in [-0.2, 0) is 22.6 Å². The van der Waals surface area contributed by atoms with Crippen molar-refractivity contribution < 1.29 is 14.3 Å². The number of aromatic nitrogens is 2. The summed E-state index contributed by atoms with van der Waals surface area (Å²) in [7, 11) is 0. The molecule has 0 unspecified atom stereocenters. The van der Waals surface area contributed by atoms with E-state index in [-0.39, 0.29) is 31.4 Å². The maximum atomic E-state index is 12.3. The minimum absolute atomic E-state index is 0.0870. The van der Waals surface area contributed by atoms with E-state index in [1.54, 1.807) is 0 Å². The van der Waals surface area contributed by atoms with Crippen molar-refractivity contribution in [1.29, 1.82) is 0 Å². The van der Waals surface area contributed by atoms with Gasteiger partial charge in [0.25, 0.3) is 5.91 Å². The molecule has 2 N–H and O–H groups in total. The van der Waals surface area contributed by atoms with Gasteiger partial charge in [-0.2, -0.15) is 0 Å². The highest BCUT2D eigenvalue weighted by atomic mass is 16.5. The van der Waals surface area contributed by atoms with Gasteiger partial charge in [-0.3, -0.25) is 20.4 Å². The molecule has 1 heterocycles. The summed E-state index contributed by atoms with van der Waals surface area (Å²) in [6.45, 7) is 4.26. The molecular formula is C21H24N4O3. The van der Waals surface area contributed by atoms with E-state index in [9.17, 15) is 9.59 Å². The minimum Gasteiger partial charge on any atom is -0.493 e. The zero-order chi connectivity index (χ0) is 19.9. The number of nitrogens with one attached hydrogen (secondary N) is 2. The average molecular weight is 380 g/mol. The summed E-state index contributed by atoms with van der Waals surface area (Å²) >= 11 is 0. The predicted octanol–water partition coefficient (Wildman–Crippen LogP) is 2.52. The number of ether oxygens (including phenoxy) is 1. The van der Waals surface area contributed by atoms with Crippen LogP contribution in [-0.4, -0.2) is 28.0 Å². The lowest BCUT2D eigenvalue weighted by Crippen LogP contribution is -2.43. The Morgan fingerprint density at radius 1 is 1.04 bits per heavy atom. The standard InChI is InChI=1S/C21H24N4O3/c1-3-19-22-16-9-5-6-10-17(16)25(19)14-21(27)24-23-20(26)12-13-28-18-11-7-4-8-15(18)2/h4-11H,3,12-14H2,1-2H3,(H,23,26)(H,24,27). The van der Waals surface area contributed by atoms with Crippen LogP contribution in [0.4, 0.5) is 0 Å². The number of carbonyl (C=O) groups is 2. The van der Waals surface area contributed by atoms with Gasteiger partial charge in [0.2, 0.25) is 5.91 Å². The van der Waals surface area contributed by atoms with Crippen molar-refractivity contribution in [2.24, 2.45) is 0 Å². The highest BCUT2D eigenvalue weighted by Gasteiger charge is 2.13. The molecule has 2 aromatic carbocycles. The molecule has 0 radical (unpaired) electrons. The number of aryl methyl sites for hydroxylation is 2.